The van der Waals surface area contributed by atoms with Gasteiger partial charge in [-0.25, -0.2) is 0 Å². The van der Waals surface area contributed by atoms with Gasteiger partial charge in [0.25, 0.3) is 0 Å². The fourth-order valence-electron chi connectivity index (χ4n) is 9.87. The van der Waals surface area contributed by atoms with Crippen LogP contribution in [0.2, 0.25) is 0 Å². The molecule has 0 fully saturated rings. The fourth-order valence-corrected chi connectivity index (χ4v) is 14.8. The molecule has 58 heavy (non-hydrogen) atoms. The summed E-state index contributed by atoms with van der Waals surface area (Å²) in [5.41, 5.74) is 8.70. The Morgan fingerprint density at radius 3 is 1.31 bits per heavy atom. The van der Waals surface area contributed by atoms with E-state index < -0.39 is 8.07 Å². The molecule has 0 unspecified atom stereocenters. The summed E-state index contributed by atoms with van der Waals surface area (Å²) in [6, 6.07) is 79.8. The average Bonchev–Trinajstić information content (AvgIpc) is 3.96. The van der Waals surface area contributed by atoms with Crippen molar-refractivity contribution in [3.05, 3.63) is 218 Å². The number of fused-ring (bicyclic) bond motifs is 9. The van der Waals surface area contributed by atoms with Crippen molar-refractivity contribution in [1.29, 1.82) is 0 Å². The number of furan rings is 1. The number of hydrogen-bond donors (Lipinski definition) is 0. The van der Waals surface area contributed by atoms with Crippen molar-refractivity contribution in [3.8, 4) is 11.4 Å². The summed E-state index contributed by atoms with van der Waals surface area (Å²) in [7, 11) is -2.87. The lowest BCUT2D eigenvalue weighted by molar-refractivity contribution is 0.668. The molecule has 12 aromatic rings. The Morgan fingerprint density at radius 1 is 0.310 bits per heavy atom. The van der Waals surface area contributed by atoms with Gasteiger partial charge in [-0.3, -0.25) is 0 Å². The summed E-state index contributed by atoms with van der Waals surface area (Å²) < 4.78 is 12.2. The van der Waals surface area contributed by atoms with Crippen LogP contribution in [0.15, 0.2) is 223 Å². The second-order valence-electron chi connectivity index (χ2n) is 15.2. The highest BCUT2D eigenvalue weighted by molar-refractivity contribution is 7.20. The van der Waals surface area contributed by atoms with Gasteiger partial charge < -0.3 is 13.6 Å². The zero-order valence-corrected chi connectivity index (χ0v) is 32.6. The summed E-state index contributed by atoms with van der Waals surface area (Å²) in [5.74, 6) is 0. The average molecular weight is 757 g/mol. The van der Waals surface area contributed by atoms with Crippen LogP contribution < -0.4 is 20.7 Å². The first-order valence-electron chi connectivity index (χ1n) is 19.9. The largest absolute Gasteiger partial charge is 0.454 e. The molecule has 0 saturated carbocycles. The molecule has 0 saturated heterocycles. The molecule has 0 spiro atoms. The number of nitrogens with zero attached hydrogens (tertiary/aromatic N) is 2. The molecule has 0 aliphatic heterocycles. The Kier molecular flexibility index (Phi) is 7.25. The quantitative estimate of drug-likeness (QED) is 0.122. The van der Waals surface area contributed by atoms with E-state index >= 15 is 0 Å². The second-order valence-corrected chi connectivity index (χ2v) is 19.0. The van der Waals surface area contributed by atoms with Crippen LogP contribution in [-0.2, 0) is 0 Å². The van der Waals surface area contributed by atoms with Gasteiger partial charge in [-0.05, 0) is 63.2 Å². The van der Waals surface area contributed by atoms with Crippen LogP contribution in [-0.4, -0.2) is 17.2 Å². The van der Waals surface area contributed by atoms with Crippen LogP contribution in [0.4, 0.5) is 0 Å². The molecule has 3 nitrogen and oxygen atoms in total. The van der Waals surface area contributed by atoms with Crippen molar-refractivity contribution in [2.75, 3.05) is 0 Å². The molecule has 9 aromatic carbocycles. The number of rotatable bonds is 6. The molecule has 0 atom stereocenters. The molecule has 0 amide bonds. The van der Waals surface area contributed by atoms with E-state index in [4.69, 9.17) is 4.42 Å². The minimum atomic E-state index is -2.87. The summed E-state index contributed by atoms with van der Waals surface area (Å²) in [4.78, 5) is 0. The molecule has 0 aliphatic rings. The van der Waals surface area contributed by atoms with E-state index in [0.29, 0.717) is 0 Å². The maximum absolute atomic E-state index is 7.40. The highest BCUT2D eigenvalue weighted by atomic mass is 28.3. The van der Waals surface area contributed by atoms with E-state index in [0.717, 1.165) is 44.3 Å². The van der Waals surface area contributed by atoms with Crippen molar-refractivity contribution >= 4 is 94.4 Å². The van der Waals surface area contributed by atoms with Gasteiger partial charge >= 0.3 is 0 Å². The SMILES string of the molecule is c1ccc([Si](c2ccccc2)(c2ccccc2)c2cccc3c2oc2c(-n4c5ccccc5c5cc(-n6c7ccccc7c7ccccc76)ccc54)cccc23)cc1. The van der Waals surface area contributed by atoms with E-state index in [1.54, 1.807) is 0 Å². The zero-order chi connectivity index (χ0) is 38.2. The first-order chi connectivity index (χ1) is 28.8. The monoisotopic (exact) mass is 756 g/mol. The van der Waals surface area contributed by atoms with Gasteiger partial charge in [0.2, 0.25) is 0 Å². The van der Waals surface area contributed by atoms with Gasteiger partial charge in [-0.15, -0.1) is 0 Å². The molecule has 272 valence electrons. The van der Waals surface area contributed by atoms with E-state index in [1.807, 2.05) is 0 Å². The van der Waals surface area contributed by atoms with Crippen LogP contribution >= 0.6 is 0 Å². The predicted octanol–water partition coefficient (Wildman–Crippen LogP) is 11.2. The summed E-state index contributed by atoms with van der Waals surface area (Å²) >= 11 is 0. The predicted molar refractivity (Wildman–Crippen MR) is 246 cm³/mol. The Hall–Kier alpha value is -7.40. The summed E-state index contributed by atoms with van der Waals surface area (Å²) in [5, 5.41) is 12.4. The molecule has 4 heteroatoms. The van der Waals surface area contributed by atoms with Crippen LogP contribution in [0.3, 0.4) is 0 Å². The molecular weight excluding hydrogens is 721 g/mol. The van der Waals surface area contributed by atoms with Crippen molar-refractivity contribution in [3.63, 3.8) is 0 Å². The van der Waals surface area contributed by atoms with Crippen LogP contribution in [0.25, 0.3) is 76.9 Å². The minimum absolute atomic E-state index is 0.885. The van der Waals surface area contributed by atoms with Gasteiger partial charge in [0.1, 0.15) is 5.58 Å². The number of hydrogen-bond acceptors (Lipinski definition) is 1. The third kappa shape index (κ3) is 4.61. The molecule has 12 rings (SSSR count). The topological polar surface area (TPSA) is 23.0 Å². The Morgan fingerprint density at radius 2 is 0.741 bits per heavy atom. The number of aromatic nitrogens is 2. The second kappa shape index (κ2) is 12.8. The minimum Gasteiger partial charge on any atom is -0.454 e. The highest BCUT2D eigenvalue weighted by Crippen LogP contribution is 2.40. The Labute approximate surface area is 336 Å². The third-order valence-corrected chi connectivity index (χ3v) is 17.1. The highest BCUT2D eigenvalue weighted by Gasteiger charge is 2.43. The van der Waals surface area contributed by atoms with Gasteiger partial charge in [-0.2, -0.15) is 0 Å². The zero-order valence-electron chi connectivity index (χ0n) is 31.6. The summed E-state index contributed by atoms with van der Waals surface area (Å²) in [6.45, 7) is 0. The van der Waals surface area contributed by atoms with E-state index in [1.165, 1.54) is 53.3 Å². The maximum atomic E-state index is 7.40. The molecule has 0 radical (unpaired) electrons. The van der Waals surface area contributed by atoms with Crippen LogP contribution in [0.1, 0.15) is 0 Å². The molecule has 3 aromatic heterocycles. The van der Waals surface area contributed by atoms with Gasteiger partial charge in [0.15, 0.2) is 13.7 Å². The van der Waals surface area contributed by atoms with Gasteiger partial charge in [-0.1, -0.05) is 176 Å². The van der Waals surface area contributed by atoms with Crippen molar-refractivity contribution < 1.29 is 4.42 Å². The Balaban J connectivity index is 1.14. The normalized spacial score (nSPS) is 12.1. The van der Waals surface area contributed by atoms with E-state index in [-0.39, 0.29) is 0 Å². The van der Waals surface area contributed by atoms with Gasteiger partial charge in [0.05, 0.1) is 27.8 Å². The van der Waals surface area contributed by atoms with Crippen LogP contribution in [0.5, 0.6) is 0 Å². The lowest BCUT2D eigenvalue weighted by atomic mass is 10.1. The van der Waals surface area contributed by atoms with Crippen molar-refractivity contribution in [2.24, 2.45) is 0 Å². The molecule has 0 aliphatic carbocycles. The smallest absolute Gasteiger partial charge is 0.184 e. The van der Waals surface area contributed by atoms with E-state index in [2.05, 4.69) is 228 Å². The van der Waals surface area contributed by atoms with Crippen LogP contribution in [0, 0.1) is 0 Å². The number of benzene rings is 9. The lowest BCUT2D eigenvalue weighted by Crippen LogP contribution is -2.74. The third-order valence-electron chi connectivity index (χ3n) is 12.3. The number of para-hydroxylation sites is 5. The first kappa shape index (κ1) is 32.8. The first-order valence-corrected chi connectivity index (χ1v) is 21.9. The fraction of sp³-hybridized carbons (Fsp3) is 0. The molecule has 0 N–H and O–H groups in total. The van der Waals surface area contributed by atoms with Gasteiger partial charge in [0, 0.05) is 38.0 Å². The molecular formula is C54H36N2OSi. The lowest BCUT2D eigenvalue weighted by Gasteiger charge is -2.34. The molecule has 3 heterocycles. The van der Waals surface area contributed by atoms with Crippen molar-refractivity contribution in [2.45, 2.75) is 0 Å². The van der Waals surface area contributed by atoms with E-state index in [9.17, 15) is 0 Å². The Bertz CT molecular complexity index is 3360. The van der Waals surface area contributed by atoms with Crippen molar-refractivity contribution in [1.82, 2.24) is 9.13 Å². The maximum Gasteiger partial charge on any atom is 0.184 e. The standard InChI is InChI=1S/C54H36N2OSi/c1-4-18-38(19-5-1)58(39-20-6-2-7-21-39,40-22-8-3-9-23-40)52-33-17-28-45-44-27-16-32-51(53(44)57-54(45)52)56-49-31-15-12-26-43(49)46-36-37(34-35-50(46)56)55-47-29-13-10-24-41(47)42-25-11-14-30-48(42)55/h1-36H. The molecule has 0 bridgehead atoms. The summed E-state index contributed by atoms with van der Waals surface area (Å²) in [6.07, 6.45) is 0.